The monoisotopic (exact) mass is 223 g/mol. The number of carbonyl (C=O) groups is 1. The van der Waals surface area contributed by atoms with Gasteiger partial charge in [0.15, 0.2) is 0 Å². The fraction of sp³-hybridized carbons (Fsp3) is 0.364. The van der Waals surface area contributed by atoms with E-state index in [1.165, 1.54) is 6.92 Å². The van der Waals surface area contributed by atoms with Crippen LogP contribution < -0.4 is 0 Å². The number of nitro groups is 1. The van der Waals surface area contributed by atoms with E-state index in [-0.39, 0.29) is 12.8 Å². The lowest BCUT2D eigenvalue weighted by atomic mass is 9.88. The van der Waals surface area contributed by atoms with Gasteiger partial charge in [0.1, 0.15) is 0 Å². The van der Waals surface area contributed by atoms with Crippen LogP contribution in [0, 0.1) is 10.1 Å². The summed E-state index contributed by atoms with van der Waals surface area (Å²) < 4.78 is 0. The molecule has 5 nitrogen and oxygen atoms in total. The number of aliphatic carboxylic acids is 1. The van der Waals surface area contributed by atoms with Crippen molar-refractivity contribution in [1.82, 2.24) is 0 Å². The molecule has 5 heteroatoms. The van der Waals surface area contributed by atoms with Crippen LogP contribution >= 0.6 is 0 Å². The zero-order valence-electron chi connectivity index (χ0n) is 8.92. The summed E-state index contributed by atoms with van der Waals surface area (Å²) in [5.74, 6) is -1.02. The standard InChI is InChI=1S/C11H13NO4/c1-11(12(15)16,8-7-10(13)14)9-5-3-2-4-6-9/h2-6H,7-8H2,1H3,(H,13,14). The van der Waals surface area contributed by atoms with Gasteiger partial charge in [-0.3, -0.25) is 14.9 Å². The molecule has 86 valence electrons. The van der Waals surface area contributed by atoms with Gasteiger partial charge in [-0.15, -0.1) is 0 Å². The van der Waals surface area contributed by atoms with Gasteiger partial charge in [0, 0.05) is 23.8 Å². The smallest absolute Gasteiger partial charge is 0.303 e. The minimum absolute atomic E-state index is 0.0145. The number of carboxylic acid groups (broad SMARTS) is 1. The van der Waals surface area contributed by atoms with Gasteiger partial charge in [-0.2, -0.15) is 0 Å². The largest absolute Gasteiger partial charge is 0.481 e. The molecule has 0 heterocycles. The van der Waals surface area contributed by atoms with Crippen LogP contribution in [0.4, 0.5) is 0 Å². The molecule has 0 aliphatic heterocycles. The molecule has 1 aromatic rings. The summed E-state index contributed by atoms with van der Waals surface area (Å²) in [4.78, 5) is 21.1. The van der Waals surface area contributed by atoms with Crippen LogP contribution in [0.1, 0.15) is 25.3 Å². The Kier molecular flexibility index (Phi) is 3.60. The van der Waals surface area contributed by atoms with E-state index in [2.05, 4.69) is 0 Å². The van der Waals surface area contributed by atoms with E-state index in [0.29, 0.717) is 5.56 Å². The quantitative estimate of drug-likeness (QED) is 0.611. The second-order valence-corrected chi connectivity index (χ2v) is 3.79. The molecule has 0 bridgehead atoms. The molecule has 1 aromatic carbocycles. The van der Waals surface area contributed by atoms with Crippen molar-refractivity contribution in [3.63, 3.8) is 0 Å². The number of benzene rings is 1. The second-order valence-electron chi connectivity index (χ2n) is 3.79. The van der Waals surface area contributed by atoms with Crippen LogP contribution in [0.3, 0.4) is 0 Å². The van der Waals surface area contributed by atoms with Gasteiger partial charge in [-0.25, -0.2) is 0 Å². The van der Waals surface area contributed by atoms with Crippen LogP contribution in [0.25, 0.3) is 0 Å². The molecule has 0 spiro atoms. The Balaban J connectivity index is 2.98. The summed E-state index contributed by atoms with van der Waals surface area (Å²) in [6.45, 7) is 1.45. The molecule has 0 aromatic heterocycles. The number of hydrogen-bond donors (Lipinski definition) is 1. The third-order valence-corrected chi connectivity index (χ3v) is 2.62. The maximum Gasteiger partial charge on any atom is 0.303 e. The molecular weight excluding hydrogens is 210 g/mol. The van der Waals surface area contributed by atoms with Crippen molar-refractivity contribution in [3.8, 4) is 0 Å². The average Bonchev–Trinajstić information content (AvgIpc) is 2.26. The van der Waals surface area contributed by atoms with Gasteiger partial charge in [-0.1, -0.05) is 30.3 Å². The highest BCUT2D eigenvalue weighted by molar-refractivity contribution is 5.66. The predicted octanol–water partition coefficient (Wildman–Crippen LogP) is 2.04. The molecule has 0 saturated heterocycles. The van der Waals surface area contributed by atoms with E-state index in [0.717, 1.165) is 0 Å². The molecule has 0 aliphatic carbocycles. The Morgan fingerprint density at radius 1 is 1.44 bits per heavy atom. The van der Waals surface area contributed by atoms with Crippen molar-refractivity contribution >= 4 is 5.97 Å². The van der Waals surface area contributed by atoms with E-state index in [1.807, 2.05) is 0 Å². The van der Waals surface area contributed by atoms with Gasteiger partial charge < -0.3 is 5.11 Å². The zero-order valence-corrected chi connectivity index (χ0v) is 8.92. The Labute approximate surface area is 92.9 Å². The summed E-state index contributed by atoms with van der Waals surface area (Å²) in [5, 5.41) is 19.6. The molecule has 0 saturated carbocycles. The van der Waals surface area contributed by atoms with Crippen LogP contribution in [-0.4, -0.2) is 16.0 Å². The first-order valence-electron chi connectivity index (χ1n) is 4.88. The van der Waals surface area contributed by atoms with Gasteiger partial charge in [0.2, 0.25) is 5.54 Å². The molecule has 1 unspecified atom stereocenters. The zero-order chi connectivity index (χ0) is 12.2. The first-order valence-corrected chi connectivity index (χ1v) is 4.88. The van der Waals surface area contributed by atoms with Gasteiger partial charge in [-0.05, 0) is 0 Å². The Morgan fingerprint density at radius 2 is 2.00 bits per heavy atom. The number of rotatable bonds is 5. The molecular formula is C11H13NO4. The molecule has 1 atom stereocenters. The number of hydrogen-bond acceptors (Lipinski definition) is 3. The summed E-state index contributed by atoms with van der Waals surface area (Å²) in [6.07, 6.45) is -0.230. The Bertz CT molecular complexity index is 390. The first-order chi connectivity index (χ1) is 7.47. The molecule has 1 rings (SSSR count). The van der Waals surface area contributed by atoms with E-state index in [9.17, 15) is 14.9 Å². The van der Waals surface area contributed by atoms with Crippen molar-refractivity contribution in [2.75, 3.05) is 0 Å². The third-order valence-electron chi connectivity index (χ3n) is 2.62. The van der Waals surface area contributed by atoms with Crippen LogP contribution in [-0.2, 0) is 10.3 Å². The topological polar surface area (TPSA) is 80.4 Å². The lowest BCUT2D eigenvalue weighted by Crippen LogP contribution is -2.32. The van der Waals surface area contributed by atoms with Crippen molar-refractivity contribution in [2.45, 2.75) is 25.3 Å². The average molecular weight is 223 g/mol. The van der Waals surface area contributed by atoms with Gasteiger partial charge in [0.05, 0.1) is 6.42 Å². The lowest BCUT2D eigenvalue weighted by Gasteiger charge is -2.20. The van der Waals surface area contributed by atoms with Gasteiger partial charge in [0.25, 0.3) is 0 Å². The SMILES string of the molecule is CC(CCC(=O)O)(c1ccccc1)[N+](=O)[O-]. The first kappa shape index (κ1) is 12.2. The highest BCUT2D eigenvalue weighted by atomic mass is 16.6. The molecule has 0 radical (unpaired) electrons. The van der Waals surface area contributed by atoms with Crippen molar-refractivity contribution in [2.24, 2.45) is 0 Å². The maximum absolute atomic E-state index is 11.0. The second kappa shape index (κ2) is 4.74. The van der Waals surface area contributed by atoms with Crippen LogP contribution in [0.15, 0.2) is 30.3 Å². The summed E-state index contributed by atoms with van der Waals surface area (Å²) in [7, 11) is 0. The van der Waals surface area contributed by atoms with Crippen LogP contribution in [0.5, 0.6) is 0 Å². The molecule has 0 fully saturated rings. The third kappa shape index (κ3) is 2.56. The van der Waals surface area contributed by atoms with Crippen molar-refractivity contribution < 1.29 is 14.8 Å². The van der Waals surface area contributed by atoms with E-state index >= 15 is 0 Å². The normalized spacial score (nSPS) is 14.1. The fourth-order valence-corrected chi connectivity index (χ4v) is 1.49. The molecule has 16 heavy (non-hydrogen) atoms. The molecule has 1 N–H and O–H groups in total. The van der Waals surface area contributed by atoms with E-state index < -0.39 is 16.4 Å². The fourth-order valence-electron chi connectivity index (χ4n) is 1.49. The van der Waals surface area contributed by atoms with E-state index in [1.54, 1.807) is 30.3 Å². The summed E-state index contributed by atoms with van der Waals surface area (Å²) in [5.41, 5.74) is -0.805. The summed E-state index contributed by atoms with van der Waals surface area (Å²) >= 11 is 0. The van der Waals surface area contributed by atoms with E-state index in [4.69, 9.17) is 5.11 Å². The Morgan fingerprint density at radius 3 is 2.44 bits per heavy atom. The highest BCUT2D eigenvalue weighted by Crippen LogP contribution is 2.29. The predicted molar refractivity (Wildman–Crippen MR) is 57.7 cm³/mol. The van der Waals surface area contributed by atoms with Crippen LogP contribution in [0.2, 0.25) is 0 Å². The Hall–Kier alpha value is -1.91. The molecule has 0 amide bonds. The molecule has 0 aliphatic rings. The summed E-state index contributed by atoms with van der Waals surface area (Å²) in [6, 6.07) is 8.46. The lowest BCUT2D eigenvalue weighted by molar-refractivity contribution is -0.575. The minimum Gasteiger partial charge on any atom is -0.481 e. The highest BCUT2D eigenvalue weighted by Gasteiger charge is 2.39. The number of nitrogens with zero attached hydrogens (tertiary/aromatic N) is 1. The van der Waals surface area contributed by atoms with Gasteiger partial charge >= 0.3 is 5.97 Å². The van der Waals surface area contributed by atoms with Crippen molar-refractivity contribution in [3.05, 3.63) is 46.0 Å². The minimum atomic E-state index is -1.33. The number of carboxylic acids is 1. The van der Waals surface area contributed by atoms with Crippen molar-refractivity contribution in [1.29, 1.82) is 0 Å². The maximum atomic E-state index is 11.0.